The van der Waals surface area contributed by atoms with Crippen molar-refractivity contribution in [3.8, 4) is 0 Å². The number of fused-ring (bicyclic) bond motifs is 1. The minimum Gasteiger partial charge on any atom is -0.324 e. The summed E-state index contributed by atoms with van der Waals surface area (Å²) >= 11 is 0. The lowest BCUT2D eigenvalue weighted by Gasteiger charge is -2.25. The van der Waals surface area contributed by atoms with E-state index in [9.17, 15) is 0 Å². The van der Waals surface area contributed by atoms with Crippen molar-refractivity contribution in [1.29, 1.82) is 0 Å². The van der Waals surface area contributed by atoms with Gasteiger partial charge in [0.2, 0.25) is 0 Å². The number of hydrogen-bond donors (Lipinski definition) is 2. The second-order valence-corrected chi connectivity index (χ2v) is 3.32. The Bertz CT molecular complexity index is 153. The van der Waals surface area contributed by atoms with Crippen LogP contribution in [-0.4, -0.2) is 19.1 Å². The van der Waals surface area contributed by atoms with Crippen LogP contribution >= 0.6 is 0 Å². The molecule has 3 atom stereocenters. The van der Waals surface area contributed by atoms with Gasteiger partial charge in [-0.1, -0.05) is 12.2 Å². The van der Waals surface area contributed by atoms with Gasteiger partial charge in [-0.25, -0.2) is 0 Å². The Hall–Kier alpha value is -0.340. The SMILES string of the molecule is N[C@@H]1C=CC[C@H]2CNC[C@H]21. The quantitative estimate of drug-likeness (QED) is 0.466. The standard InChI is InChI=1S/C8H14N2/c9-8-3-1-2-6-4-10-5-7(6)8/h1,3,6-8,10H,2,4-5,9H2/t6-,7+,8+/m0/s1. The summed E-state index contributed by atoms with van der Waals surface area (Å²) in [5.41, 5.74) is 5.89. The van der Waals surface area contributed by atoms with Crippen molar-refractivity contribution >= 4 is 0 Å². The fourth-order valence-corrected chi connectivity index (χ4v) is 2.02. The van der Waals surface area contributed by atoms with Crippen molar-refractivity contribution in [1.82, 2.24) is 5.32 Å². The van der Waals surface area contributed by atoms with Gasteiger partial charge >= 0.3 is 0 Å². The summed E-state index contributed by atoms with van der Waals surface area (Å²) in [5, 5.41) is 3.37. The minimum absolute atomic E-state index is 0.314. The van der Waals surface area contributed by atoms with E-state index in [-0.39, 0.29) is 0 Å². The van der Waals surface area contributed by atoms with E-state index < -0.39 is 0 Å². The first-order valence-electron chi connectivity index (χ1n) is 4.01. The van der Waals surface area contributed by atoms with Crippen LogP contribution in [-0.2, 0) is 0 Å². The molecule has 1 aliphatic carbocycles. The zero-order chi connectivity index (χ0) is 6.97. The van der Waals surface area contributed by atoms with E-state index in [1.807, 2.05) is 0 Å². The summed E-state index contributed by atoms with van der Waals surface area (Å²) in [6.07, 6.45) is 5.60. The second kappa shape index (κ2) is 2.36. The van der Waals surface area contributed by atoms with E-state index in [0.717, 1.165) is 12.5 Å². The van der Waals surface area contributed by atoms with Crippen molar-refractivity contribution in [3.05, 3.63) is 12.2 Å². The molecule has 1 aliphatic heterocycles. The molecule has 0 aromatic rings. The molecule has 3 N–H and O–H groups in total. The Kier molecular flexibility index (Phi) is 1.51. The van der Waals surface area contributed by atoms with Gasteiger partial charge in [0, 0.05) is 12.6 Å². The zero-order valence-corrected chi connectivity index (χ0v) is 6.09. The monoisotopic (exact) mass is 138 g/mol. The zero-order valence-electron chi connectivity index (χ0n) is 6.09. The van der Waals surface area contributed by atoms with E-state index in [1.165, 1.54) is 13.0 Å². The van der Waals surface area contributed by atoms with Crippen LogP contribution in [0.3, 0.4) is 0 Å². The van der Waals surface area contributed by atoms with Crippen molar-refractivity contribution in [2.45, 2.75) is 12.5 Å². The maximum Gasteiger partial charge on any atom is 0.0267 e. The summed E-state index contributed by atoms with van der Waals surface area (Å²) in [6, 6.07) is 0.314. The summed E-state index contributed by atoms with van der Waals surface area (Å²) in [4.78, 5) is 0. The van der Waals surface area contributed by atoms with Gasteiger partial charge in [0.05, 0.1) is 0 Å². The van der Waals surface area contributed by atoms with Crippen molar-refractivity contribution in [2.24, 2.45) is 17.6 Å². The van der Waals surface area contributed by atoms with Gasteiger partial charge in [0.25, 0.3) is 0 Å². The van der Waals surface area contributed by atoms with Crippen LogP contribution in [0.2, 0.25) is 0 Å². The van der Waals surface area contributed by atoms with Crippen LogP contribution in [0.25, 0.3) is 0 Å². The number of rotatable bonds is 0. The first-order valence-corrected chi connectivity index (χ1v) is 4.01. The van der Waals surface area contributed by atoms with Crippen LogP contribution < -0.4 is 11.1 Å². The van der Waals surface area contributed by atoms with Gasteiger partial charge in [-0.05, 0) is 24.8 Å². The fraction of sp³-hybridized carbons (Fsp3) is 0.750. The first-order chi connectivity index (χ1) is 4.88. The molecule has 0 aromatic carbocycles. The normalized spacial score (nSPS) is 45.5. The second-order valence-electron chi connectivity index (χ2n) is 3.32. The molecular weight excluding hydrogens is 124 g/mol. The van der Waals surface area contributed by atoms with Crippen LogP contribution in [0.5, 0.6) is 0 Å². The predicted molar refractivity (Wildman–Crippen MR) is 41.6 cm³/mol. The van der Waals surface area contributed by atoms with E-state index >= 15 is 0 Å². The molecule has 1 fully saturated rings. The highest BCUT2D eigenvalue weighted by molar-refractivity contribution is 5.06. The molecule has 0 radical (unpaired) electrons. The summed E-state index contributed by atoms with van der Waals surface area (Å²) < 4.78 is 0. The van der Waals surface area contributed by atoms with E-state index in [4.69, 9.17) is 5.73 Å². The lowest BCUT2D eigenvalue weighted by molar-refractivity contribution is 0.371. The van der Waals surface area contributed by atoms with Crippen LogP contribution in [0.4, 0.5) is 0 Å². The molecule has 0 saturated carbocycles. The van der Waals surface area contributed by atoms with E-state index in [2.05, 4.69) is 17.5 Å². The Balaban J connectivity index is 2.13. The number of nitrogens with two attached hydrogens (primary N) is 1. The lowest BCUT2D eigenvalue weighted by atomic mass is 9.83. The summed E-state index contributed by atoms with van der Waals surface area (Å²) in [5.74, 6) is 1.53. The highest BCUT2D eigenvalue weighted by Gasteiger charge is 2.31. The van der Waals surface area contributed by atoms with E-state index in [0.29, 0.717) is 12.0 Å². The smallest absolute Gasteiger partial charge is 0.0267 e. The van der Waals surface area contributed by atoms with Crippen LogP contribution in [0, 0.1) is 11.8 Å². The van der Waals surface area contributed by atoms with Gasteiger partial charge < -0.3 is 11.1 Å². The van der Waals surface area contributed by atoms with Gasteiger partial charge in [-0.15, -0.1) is 0 Å². The lowest BCUT2D eigenvalue weighted by Crippen LogP contribution is -2.35. The third kappa shape index (κ3) is 0.879. The largest absolute Gasteiger partial charge is 0.324 e. The first kappa shape index (κ1) is 6.38. The molecule has 2 rings (SSSR count). The topological polar surface area (TPSA) is 38.0 Å². The fourth-order valence-electron chi connectivity index (χ4n) is 2.02. The van der Waals surface area contributed by atoms with Crippen LogP contribution in [0.1, 0.15) is 6.42 Å². The Labute approximate surface area is 61.5 Å². The number of nitrogens with one attached hydrogen (secondary N) is 1. The molecule has 10 heavy (non-hydrogen) atoms. The van der Waals surface area contributed by atoms with Gasteiger partial charge in [0.1, 0.15) is 0 Å². The predicted octanol–water partition coefficient (Wildman–Crippen LogP) is 0.109. The Morgan fingerprint density at radius 3 is 3.10 bits per heavy atom. The average Bonchev–Trinajstić information content (AvgIpc) is 2.36. The molecule has 2 heteroatoms. The van der Waals surface area contributed by atoms with Crippen LogP contribution in [0.15, 0.2) is 12.2 Å². The Morgan fingerprint density at radius 1 is 1.40 bits per heavy atom. The molecular formula is C8H14N2. The molecule has 56 valence electrons. The van der Waals surface area contributed by atoms with Gasteiger partial charge in [-0.2, -0.15) is 0 Å². The van der Waals surface area contributed by atoms with E-state index in [1.54, 1.807) is 0 Å². The molecule has 2 aliphatic rings. The number of hydrogen-bond acceptors (Lipinski definition) is 2. The molecule has 0 amide bonds. The molecule has 0 unspecified atom stereocenters. The molecule has 0 spiro atoms. The van der Waals surface area contributed by atoms with Gasteiger partial charge in [-0.3, -0.25) is 0 Å². The summed E-state index contributed by atoms with van der Waals surface area (Å²) in [7, 11) is 0. The van der Waals surface area contributed by atoms with Gasteiger partial charge in [0.15, 0.2) is 0 Å². The highest BCUT2D eigenvalue weighted by Crippen LogP contribution is 2.27. The minimum atomic E-state index is 0.314. The highest BCUT2D eigenvalue weighted by atomic mass is 14.9. The third-order valence-electron chi connectivity index (χ3n) is 2.68. The Morgan fingerprint density at radius 2 is 2.30 bits per heavy atom. The number of allylic oxidation sites excluding steroid dienone is 1. The van der Waals surface area contributed by atoms with Crippen molar-refractivity contribution in [2.75, 3.05) is 13.1 Å². The molecule has 0 aromatic heterocycles. The molecule has 2 nitrogen and oxygen atoms in total. The summed E-state index contributed by atoms with van der Waals surface area (Å²) in [6.45, 7) is 2.29. The molecule has 1 saturated heterocycles. The van der Waals surface area contributed by atoms with Crippen molar-refractivity contribution < 1.29 is 0 Å². The molecule has 1 heterocycles. The average molecular weight is 138 g/mol. The van der Waals surface area contributed by atoms with Crippen molar-refractivity contribution in [3.63, 3.8) is 0 Å². The maximum absolute atomic E-state index is 5.89. The molecule has 0 bridgehead atoms. The maximum atomic E-state index is 5.89. The third-order valence-corrected chi connectivity index (χ3v) is 2.68.